The number of nitrogens with zero attached hydrogens (tertiary/aromatic N) is 1. The Morgan fingerprint density at radius 3 is 2.87 bits per heavy atom. The van der Waals surface area contributed by atoms with Crippen LogP contribution in [0.1, 0.15) is 26.2 Å². The topological polar surface area (TPSA) is 50.9 Å². The van der Waals surface area contributed by atoms with Crippen LogP contribution in [0.4, 0.5) is 11.5 Å². The zero-order chi connectivity index (χ0) is 10.9. The van der Waals surface area contributed by atoms with Crippen molar-refractivity contribution in [1.29, 1.82) is 0 Å². The molecule has 3 nitrogen and oxygen atoms in total. The van der Waals surface area contributed by atoms with Gasteiger partial charge in [0, 0.05) is 17.2 Å². The highest BCUT2D eigenvalue weighted by Crippen LogP contribution is 2.40. The summed E-state index contributed by atoms with van der Waals surface area (Å²) >= 11 is 3.34. The van der Waals surface area contributed by atoms with Gasteiger partial charge in [0.1, 0.15) is 5.82 Å². The molecule has 1 heterocycles. The van der Waals surface area contributed by atoms with Gasteiger partial charge in [-0.15, -0.1) is 0 Å². The Morgan fingerprint density at radius 2 is 2.33 bits per heavy atom. The van der Waals surface area contributed by atoms with Crippen LogP contribution in [0.15, 0.2) is 16.7 Å². The molecule has 0 radical (unpaired) electrons. The lowest BCUT2D eigenvalue weighted by atomic mass is 9.70. The fourth-order valence-electron chi connectivity index (χ4n) is 1.86. The molecule has 2 rings (SSSR count). The summed E-state index contributed by atoms with van der Waals surface area (Å²) in [5.74, 6) is 0.798. The van der Waals surface area contributed by atoms with Crippen LogP contribution in [0, 0.1) is 5.41 Å². The zero-order valence-electron chi connectivity index (χ0n) is 8.89. The van der Waals surface area contributed by atoms with Crippen LogP contribution in [0.5, 0.6) is 0 Å². The summed E-state index contributed by atoms with van der Waals surface area (Å²) in [6.07, 6.45) is 5.72. The third-order valence-corrected chi connectivity index (χ3v) is 3.56. The minimum Gasteiger partial charge on any atom is -0.396 e. The highest BCUT2D eigenvalue weighted by molar-refractivity contribution is 9.10. The van der Waals surface area contributed by atoms with Gasteiger partial charge in [-0.3, -0.25) is 0 Å². The van der Waals surface area contributed by atoms with Gasteiger partial charge < -0.3 is 11.1 Å². The molecule has 1 aromatic rings. The smallest absolute Gasteiger partial charge is 0.149 e. The van der Waals surface area contributed by atoms with Crippen molar-refractivity contribution in [3.8, 4) is 0 Å². The van der Waals surface area contributed by atoms with Gasteiger partial charge in [0.25, 0.3) is 0 Å². The third-order valence-electron chi connectivity index (χ3n) is 3.13. The minimum atomic E-state index is 0.446. The molecule has 0 aliphatic heterocycles. The van der Waals surface area contributed by atoms with Crippen molar-refractivity contribution in [3.05, 3.63) is 16.7 Å². The summed E-state index contributed by atoms with van der Waals surface area (Å²) in [7, 11) is 0. The number of hydrogen-bond acceptors (Lipinski definition) is 3. The quantitative estimate of drug-likeness (QED) is 0.887. The summed E-state index contributed by atoms with van der Waals surface area (Å²) in [4.78, 5) is 4.26. The molecule has 0 saturated heterocycles. The predicted octanol–water partition coefficient (Wildman–Crippen LogP) is 3.03. The lowest BCUT2D eigenvalue weighted by Gasteiger charge is -2.38. The Bertz CT molecular complexity index is 361. The monoisotopic (exact) mass is 269 g/mol. The number of nitrogens with one attached hydrogen (secondary N) is 1. The van der Waals surface area contributed by atoms with E-state index in [9.17, 15) is 0 Å². The number of rotatable bonds is 3. The number of hydrogen-bond donors (Lipinski definition) is 2. The highest BCUT2D eigenvalue weighted by atomic mass is 79.9. The largest absolute Gasteiger partial charge is 0.396 e. The Morgan fingerprint density at radius 1 is 1.60 bits per heavy atom. The Kier molecular flexibility index (Phi) is 2.87. The van der Waals surface area contributed by atoms with Crippen LogP contribution >= 0.6 is 15.9 Å². The molecule has 0 unspecified atom stereocenters. The summed E-state index contributed by atoms with van der Waals surface area (Å²) in [5, 5.41) is 3.33. The zero-order valence-corrected chi connectivity index (χ0v) is 10.5. The second kappa shape index (κ2) is 4.00. The molecule has 1 fully saturated rings. The fourth-order valence-corrected chi connectivity index (χ4v) is 2.21. The number of halogens is 1. The van der Waals surface area contributed by atoms with E-state index in [-0.39, 0.29) is 0 Å². The van der Waals surface area contributed by atoms with Gasteiger partial charge >= 0.3 is 0 Å². The average molecular weight is 270 g/mol. The first-order valence-corrected chi connectivity index (χ1v) is 6.03. The molecule has 4 heteroatoms. The summed E-state index contributed by atoms with van der Waals surface area (Å²) in [6, 6.07) is 1.87. The summed E-state index contributed by atoms with van der Waals surface area (Å²) < 4.78 is 0.917. The van der Waals surface area contributed by atoms with E-state index in [2.05, 4.69) is 33.2 Å². The molecular weight excluding hydrogens is 254 g/mol. The maximum Gasteiger partial charge on any atom is 0.149 e. The number of nitrogen functional groups attached to an aromatic ring is 1. The van der Waals surface area contributed by atoms with Crippen molar-refractivity contribution in [3.63, 3.8) is 0 Å². The number of aromatic nitrogens is 1. The number of anilines is 2. The SMILES string of the molecule is CC1(CNc2ncc(Br)cc2N)CCC1. The van der Waals surface area contributed by atoms with Gasteiger partial charge in [-0.05, 0) is 40.3 Å². The summed E-state index contributed by atoms with van der Waals surface area (Å²) in [6.45, 7) is 3.27. The van der Waals surface area contributed by atoms with E-state index >= 15 is 0 Å². The molecule has 0 aromatic carbocycles. The lowest BCUT2D eigenvalue weighted by molar-refractivity contribution is 0.180. The van der Waals surface area contributed by atoms with Gasteiger partial charge in [-0.1, -0.05) is 13.3 Å². The van der Waals surface area contributed by atoms with Crippen LogP contribution in [0.25, 0.3) is 0 Å². The first-order chi connectivity index (χ1) is 7.09. The van der Waals surface area contributed by atoms with Crippen molar-refractivity contribution >= 4 is 27.4 Å². The molecular formula is C11H16BrN3. The molecule has 0 bridgehead atoms. The van der Waals surface area contributed by atoms with E-state index in [4.69, 9.17) is 5.73 Å². The fraction of sp³-hybridized carbons (Fsp3) is 0.545. The average Bonchev–Trinajstić information content (AvgIpc) is 2.14. The molecule has 15 heavy (non-hydrogen) atoms. The van der Waals surface area contributed by atoms with E-state index in [0.717, 1.165) is 16.8 Å². The van der Waals surface area contributed by atoms with E-state index in [1.807, 2.05) is 6.07 Å². The van der Waals surface area contributed by atoms with Crippen LogP contribution in [-0.4, -0.2) is 11.5 Å². The molecule has 0 amide bonds. The van der Waals surface area contributed by atoms with Gasteiger partial charge in [0.2, 0.25) is 0 Å². The Labute approximate surface area is 98.6 Å². The lowest BCUT2D eigenvalue weighted by Crippen LogP contribution is -2.33. The maximum absolute atomic E-state index is 5.86. The van der Waals surface area contributed by atoms with Crippen molar-refractivity contribution in [2.75, 3.05) is 17.6 Å². The molecule has 3 N–H and O–H groups in total. The van der Waals surface area contributed by atoms with Crippen molar-refractivity contribution < 1.29 is 0 Å². The molecule has 0 spiro atoms. The van der Waals surface area contributed by atoms with Crippen LogP contribution < -0.4 is 11.1 Å². The maximum atomic E-state index is 5.86. The second-order valence-electron chi connectivity index (χ2n) is 4.61. The van der Waals surface area contributed by atoms with E-state index in [1.165, 1.54) is 19.3 Å². The van der Waals surface area contributed by atoms with Crippen molar-refractivity contribution in [2.45, 2.75) is 26.2 Å². The van der Waals surface area contributed by atoms with Gasteiger partial charge in [-0.2, -0.15) is 0 Å². The third kappa shape index (κ3) is 2.43. The Balaban J connectivity index is 1.98. The molecule has 1 aromatic heterocycles. The standard InChI is InChI=1S/C11H16BrN3/c1-11(3-2-4-11)7-15-10-9(13)5-8(12)6-14-10/h5-6H,2-4,7,13H2,1H3,(H,14,15). The van der Waals surface area contributed by atoms with Crippen molar-refractivity contribution in [2.24, 2.45) is 5.41 Å². The number of pyridine rings is 1. The van der Waals surface area contributed by atoms with Gasteiger partial charge in [0.15, 0.2) is 0 Å². The molecule has 1 aliphatic carbocycles. The van der Waals surface area contributed by atoms with E-state index in [1.54, 1.807) is 6.20 Å². The minimum absolute atomic E-state index is 0.446. The van der Waals surface area contributed by atoms with Crippen LogP contribution in [-0.2, 0) is 0 Å². The highest BCUT2D eigenvalue weighted by Gasteiger charge is 2.31. The van der Waals surface area contributed by atoms with Gasteiger partial charge in [0.05, 0.1) is 5.69 Å². The van der Waals surface area contributed by atoms with Gasteiger partial charge in [-0.25, -0.2) is 4.98 Å². The predicted molar refractivity (Wildman–Crippen MR) is 66.8 cm³/mol. The van der Waals surface area contributed by atoms with Crippen LogP contribution in [0.2, 0.25) is 0 Å². The first-order valence-electron chi connectivity index (χ1n) is 5.24. The number of nitrogens with two attached hydrogens (primary N) is 1. The summed E-state index contributed by atoms with van der Waals surface area (Å²) in [5.41, 5.74) is 7.00. The van der Waals surface area contributed by atoms with E-state index in [0.29, 0.717) is 11.1 Å². The second-order valence-corrected chi connectivity index (χ2v) is 5.52. The molecule has 82 valence electrons. The molecule has 1 saturated carbocycles. The molecule has 0 atom stereocenters. The molecule has 1 aliphatic rings. The Hall–Kier alpha value is -0.770. The first kappa shape index (κ1) is 10.7. The van der Waals surface area contributed by atoms with E-state index < -0.39 is 0 Å². The van der Waals surface area contributed by atoms with Crippen molar-refractivity contribution in [1.82, 2.24) is 4.98 Å². The normalized spacial score (nSPS) is 18.3. The van der Waals surface area contributed by atoms with Crippen LogP contribution in [0.3, 0.4) is 0 Å².